The Morgan fingerprint density at radius 1 is 1.00 bits per heavy atom. The molecule has 0 N–H and O–H groups in total. The molecule has 0 aliphatic carbocycles. The van der Waals surface area contributed by atoms with Gasteiger partial charge in [0.15, 0.2) is 0 Å². The summed E-state index contributed by atoms with van der Waals surface area (Å²) in [6.45, 7) is 4.47. The Morgan fingerprint density at radius 3 is 2.35 bits per heavy atom. The van der Waals surface area contributed by atoms with Gasteiger partial charge in [-0.25, -0.2) is 0 Å². The summed E-state index contributed by atoms with van der Waals surface area (Å²) in [7, 11) is 0. The summed E-state index contributed by atoms with van der Waals surface area (Å²) >= 11 is 0. The van der Waals surface area contributed by atoms with E-state index in [0.717, 1.165) is 12.1 Å². The molecule has 0 saturated heterocycles. The number of hydrogen-bond donors (Lipinski definition) is 0. The molecular weight excluding hydrogens is 285 g/mol. The van der Waals surface area contributed by atoms with Crippen LogP contribution in [0.2, 0.25) is 0 Å². The van der Waals surface area contributed by atoms with Gasteiger partial charge in [0.25, 0.3) is 0 Å². The van der Waals surface area contributed by atoms with Crippen molar-refractivity contribution in [1.82, 2.24) is 4.98 Å². The Kier molecular flexibility index (Phi) is 5.78. The fraction of sp³-hybridized carbons (Fsp3) is 0.267. The van der Waals surface area contributed by atoms with E-state index in [1.54, 1.807) is 0 Å². The second-order valence-electron chi connectivity index (χ2n) is 4.35. The fourth-order valence-electron chi connectivity index (χ4n) is 1.96. The number of nitrogens with zero attached hydrogens (tertiary/aromatic N) is 1. The van der Waals surface area contributed by atoms with Crippen LogP contribution in [0.25, 0.3) is 0 Å². The second-order valence-corrected chi connectivity index (χ2v) is 4.35. The molecule has 1 heterocycles. The first kappa shape index (κ1) is 14.3. The van der Waals surface area contributed by atoms with E-state index in [0.29, 0.717) is 5.92 Å². The first-order valence-corrected chi connectivity index (χ1v) is 5.75. The van der Waals surface area contributed by atoms with Gasteiger partial charge in [-0.2, -0.15) is 0 Å². The van der Waals surface area contributed by atoms with Crippen molar-refractivity contribution in [3.8, 4) is 0 Å². The Labute approximate surface area is 122 Å². The van der Waals surface area contributed by atoms with Gasteiger partial charge >= 0.3 is 0 Å². The summed E-state index contributed by atoms with van der Waals surface area (Å²) in [5.41, 5.74) is 3.94. The van der Waals surface area contributed by atoms with Crippen LogP contribution in [0.4, 0.5) is 0 Å². The molecule has 0 spiro atoms. The molecule has 1 nitrogen and oxygen atoms in total. The zero-order valence-electron chi connectivity index (χ0n) is 10.4. The Morgan fingerprint density at radius 2 is 1.71 bits per heavy atom. The third kappa shape index (κ3) is 3.89. The minimum atomic E-state index is 0. The quantitative estimate of drug-likeness (QED) is 0.840. The zero-order chi connectivity index (χ0) is 11.4. The van der Waals surface area contributed by atoms with Crippen molar-refractivity contribution in [1.29, 1.82) is 0 Å². The molecular formula is C15H17NZr. The number of aromatic nitrogens is 1. The number of benzene rings is 1. The first-order valence-electron chi connectivity index (χ1n) is 5.75. The average molecular weight is 303 g/mol. The Balaban J connectivity index is 0.00000144. The molecule has 0 amide bonds. The predicted molar refractivity (Wildman–Crippen MR) is 67.6 cm³/mol. The summed E-state index contributed by atoms with van der Waals surface area (Å²) < 4.78 is 0. The van der Waals surface area contributed by atoms with Gasteiger partial charge in [0.2, 0.25) is 0 Å². The van der Waals surface area contributed by atoms with Crippen molar-refractivity contribution in [3.05, 3.63) is 65.5 Å². The van der Waals surface area contributed by atoms with E-state index in [9.17, 15) is 0 Å². The second kappa shape index (κ2) is 6.86. The molecule has 0 fully saturated rings. The van der Waals surface area contributed by atoms with E-state index >= 15 is 0 Å². The summed E-state index contributed by atoms with van der Waals surface area (Å²) in [6, 6.07) is 14.7. The maximum absolute atomic E-state index is 4.37. The molecule has 1 aromatic heterocycles. The Bertz CT molecular complexity index is 451. The third-order valence-electron chi connectivity index (χ3n) is 2.77. The van der Waals surface area contributed by atoms with Crippen LogP contribution in [0.15, 0.2) is 48.7 Å². The van der Waals surface area contributed by atoms with E-state index < -0.39 is 0 Å². The number of rotatable bonds is 3. The van der Waals surface area contributed by atoms with Gasteiger partial charge in [-0.3, -0.25) is 4.98 Å². The van der Waals surface area contributed by atoms with Gasteiger partial charge in [0.05, 0.1) is 0 Å². The zero-order valence-corrected chi connectivity index (χ0v) is 12.8. The normalized spacial score (nSPS) is 10.1. The molecule has 0 aliphatic rings. The van der Waals surface area contributed by atoms with Crippen LogP contribution in [-0.4, -0.2) is 4.98 Å². The van der Waals surface area contributed by atoms with Crippen LogP contribution in [-0.2, 0) is 32.6 Å². The van der Waals surface area contributed by atoms with Gasteiger partial charge in [-0.1, -0.05) is 44.2 Å². The maximum Gasteiger partial charge on any atom is 0.0447 e. The molecule has 0 radical (unpaired) electrons. The molecule has 2 aromatic rings. The molecule has 1 aromatic carbocycles. The van der Waals surface area contributed by atoms with Crippen LogP contribution in [0.1, 0.15) is 36.6 Å². The van der Waals surface area contributed by atoms with Gasteiger partial charge < -0.3 is 0 Å². The van der Waals surface area contributed by atoms with Crippen molar-refractivity contribution in [2.75, 3.05) is 0 Å². The van der Waals surface area contributed by atoms with Gasteiger partial charge in [0.1, 0.15) is 0 Å². The van der Waals surface area contributed by atoms with E-state index in [-0.39, 0.29) is 26.2 Å². The van der Waals surface area contributed by atoms with Crippen molar-refractivity contribution >= 4 is 0 Å². The monoisotopic (exact) mass is 301 g/mol. The Hall–Kier alpha value is -0.747. The molecule has 0 aliphatic heterocycles. The smallest absolute Gasteiger partial charge is 0.0447 e. The summed E-state index contributed by atoms with van der Waals surface area (Å²) in [5, 5.41) is 0. The van der Waals surface area contributed by atoms with Gasteiger partial charge in [-0.05, 0) is 29.2 Å². The molecule has 0 bridgehead atoms. The van der Waals surface area contributed by atoms with E-state index in [1.165, 1.54) is 11.1 Å². The van der Waals surface area contributed by atoms with Crippen LogP contribution in [0, 0.1) is 0 Å². The average Bonchev–Trinajstić information content (AvgIpc) is 2.31. The predicted octanol–water partition coefficient (Wildman–Crippen LogP) is 3.79. The fourth-order valence-corrected chi connectivity index (χ4v) is 1.96. The molecule has 0 saturated carbocycles. The third-order valence-corrected chi connectivity index (χ3v) is 2.77. The number of pyridine rings is 1. The van der Waals surface area contributed by atoms with Crippen LogP contribution >= 0.6 is 0 Å². The topological polar surface area (TPSA) is 12.9 Å². The van der Waals surface area contributed by atoms with Crippen LogP contribution in [0.3, 0.4) is 0 Å². The van der Waals surface area contributed by atoms with Crippen molar-refractivity contribution < 1.29 is 26.2 Å². The van der Waals surface area contributed by atoms with Crippen LogP contribution < -0.4 is 0 Å². The van der Waals surface area contributed by atoms with E-state index in [1.807, 2.05) is 18.3 Å². The standard InChI is InChI=1S/C15H17N.Zr/c1-12(2)15-9-4-3-7-13(15)11-14-8-5-6-10-16-14;/h3-10,12H,11H2,1-2H3;. The molecule has 2 rings (SSSR count). The summed E-state index contributed by atoms with van der Waals surface area (Å²) in [4.78, 5) is 4.37. The van der Waals surface area contributed by atoms with Crippen molar-refractivity contribution in [2.45, 2.75) is 26.2 Å². The minimum Gasteiger partial charge on any atom is -0.261 e. The van der Waals surface area contributed by atoms with Crippen molar-refractivity contribution in [2.24, 2.45) is 0 Å². The van der Waals surface area contributed by atoms with E-state index in [2.05, 4.69) is 49.2 Å². The van der Waals surface area contributed by atoms with Crippen LogP contribution in [0.5, 0.6) is 0 Å². The largest absolute Gasteiger partial charge is 0.261 e. The minimum absolute atomic E-state index is 0. The first-order chi connectivity index (χ1) is 7.77. The van der Waals surface area contributed by atoms with Crippen molar-refractivity contribution in [3.63, 3.8) is 0 Å². The molecule has 17 heavy (non-hydrogen) atoms. The molecule has 2 heteroatoms. The summed E-state index contributed by atoms with van der Waals surface area (Å²) in [6.07, 6.45) is 2.78. The van der Waals surface area contributed by atoms with Gasteiger partial charge in [0, 0.05) is 44.5 Å². The van der Waals surface area contributed by atoms with E-state index in [4.69, 9.17) is 0 Å². The maximum atomic E-state index is 4.37. The van der Waals surface area contributed by atoms with Gasteiger partial charge in [-0.15, -0.1) is 0 Å². The summed E-state index contributed by atoms with van der Waals surface area (Å²) in [5.74, 6) is 0.569. The molecule has 86 valence electrons. The molecule has 0 unspecified atom stereocenters. The SMILES string of the molecule is CC(C)c1ccccc1Cc1ccccn1.[Zr]. The number of hydrogen-bond acceptors (Lipinski definition) is 1. The molecule has 0 atom stereocenters.